The summed E-state index contributed by atoms with van der Waals surface area (Å²) >= 11 is 0. The molecule has 4 heteroatoms. The second-order valence-corrected chi connectivity index (χ2v) is 1.40. The molecular weight excluding hydrogens is 162 g/mol. The van der Waals surface area contributed by atoms with E-state index in [0.717, 1.165) is 0 Å². The molecule has 0 bridgehead atoms. The lowest BCUT2D eigenvalue weighted by Gasteiger charge is -2.10. The first-order valence-corrected chi connectivity index (χ1v) is 1.87. The average Bonchev–Trinajstić information content (AvgIpc) is 1.35. The van der Waals surface area contributed by atoms with Crippen LogP contribution in [0.5, 0.6) is 0 Å². The van der Waals surface area contributed by atoms with Crippen molar-refractivity contribution in [3.8, 4) is 0 Å². The van der Waals surface area contributed by atoms with E-state index < -0.39 is 4.81 Å². The fraction of sp³-hybridized carbons (Fsp3) is 1.00. The molecule has 0 spiro atoms. The van der Waals surface area contributed by atoms with Gasteiger partial charge in [-0.25, -0.2) is 0 Å². The van der Waals surface area contributed by atoms with Gasteiger partial charge in [-0.2, -0.15) is 10.4 Å². The van der Waals surface area contributed by atoms with Gasteiger partial charge in [0.15, 0.2) is 0 Å². The van der Waals surface area contributed by atoms with Gasteiger partial charge in [-0.05, 0) is 6.92 Å². The van der Waals surface area contributed by atoms with Crippen molar-refractivity contribution in [1.29, 1.82) is 0 Å². The molecule has 0 aromatic heterocycles. The van der Waals surface area contributed by atoms with Crippen LogP contribution in [0.4, 0.5) is 0 Å². The summed E-state index contributed by atoms with van der Waals surface area (Å²) < 4.78 is 0. The zero-order valence-electron chi connectivity index (χ0n) is 4.43. The topological polar surface area (TPSA) is 40.5 Å². The fourth-order valence-corrected chi connectivity index (χ4v) is 0. The third kappa shape index (κ3) is 10.7. The van der Waals surface area contributed by atoms with Gasteiger partial charge in [0, 0.05) is 0 Å². The molecule has 0 amide bonds. The Hall–Kier alpha value is 0.360. The molecule has 0 rings (SSSR count). The van der Waals surface area contributed by atoms with E-state index in [1.54, 1.807) is 6.92 Å². The highest BCUT2D eigenvalue weighted by Gasteiger charge is 2.06. The van der Waals surface area contributed by atoms with E-state index in [2.05, 4.69) is 0 Å². The second-order valence-electron chi connectivity index (χ2n) is 1.40. The van der Waals surface area contributed by atoms with Crippen molar-refractivity contribution in [3.63, 3.8) is 0 Å². The zero-order chi connectivity index (χ0) is 5.21. The molecule has 46 valence electrons. The summed E-state index contributed by atoms with van der Waals surface area (Å²) in [5.74, 6) is 0. The van der Waals surface area contributed by atoms with Crippen molar-refractivity contribution in [1.82, 2.24) is 0 Å². The minimum absolute atomic E-state index is 0. The highest BCUT2D eigenvalue weighted by Crippen LogP contribution is 1.82. The molecule has 0 unspecified atom stereocenters. The maximum absolute atomic E-state index is 8.32. The number of rotatable bonds is 1. The van der Waals surface area contributed by atoms with Gasteiger partial charge in [-0.1, -0.05) is 4.81 Å². The number of hydroxylamine groups is 4. The molecule has 0 saturated carbocycles. The van der Waals surface area contributed by atoms with Crippen LogP contribution in [-0.2, 0) is 0 Å². The van der Waals surface area contributed by atoms with Crippen molar-refractivity contribution < 1.29 is 32.2 Å². The smallest absolute Gasteiger partial charge is 0.139 e. The molecule has 0 aliphatic heterocycles. The monoisotopic (exact) mass is 171 g/mol. The maximum Gasteiger partial charge on any atom is 0.139 e. The minimum Gasteiger partial charge on any atom is -1.00 e. The third-order valence-corrected chi connectivity index (χ3v) is 0.599. The van der Waals surface area contributed by atoms with Crippen LogP contribution in [0.1, 0.15) is 6.92 Å². The molecule has 0 aliphatic rings. The van der Waals surface area contributed by atoms with E-state index in [-0.39, 0.29) is 17.0 Å². The fourth-order valence-electron chi connectivity index (χ4n) is 0. The molecule has 0 atom stereocenters. The van der Waals surface area contributed by atoms with E-state index >= 15 is 0 Å². The largest absolute Gasteiger partial charge is 1.00 e. The van der Waals surface area contributed by atoms with Crippen LogP contribution in [0, 0.1) is 0 Å². The number of quaternary nitrogens is 1. The Kier molecular flexibility index (Phi) is 4.99. The Morgan fingerprint density at radius 3 is 1.57 bits per heavy atom. The highest BCUT2D eigenvalue weighted by atomic mass is 79.9. The predicted octanol–water partition coefficient (Wildman–Crippen LogP) is -2.76. The highest BCUT2D eigenvalue weighted by molar-refractivity contribution is 3.92. The summed E-state index contributed by atoms with van der Waals surface area (Å²) in [4.78, 5) is -0.931. The van der Waals surface area contributed by atoms with Gasteiger partial charge < -0.3 is 17.0 Å². The van der Waals surface area contributed by atoms with Crippen molar-refractivity contribution in [3.05, 3.63) is 0 Å². The summed E-state index contributed by atoms with van der Waals surface area (Å²) in [5.41, 5.74) is 0. The van der Waals surface area contributed by atoms with Crippen molar-refractivity contribution in [2.24, 2.45) is 0 Å². The Labute approximate surface area is 53.4 Å². The average molecular weight is 172 g/mol. The molecular formula is C3H10BrNO2. The van der Waals surface area contributed by atoms with Crippen LogP contribution in [0.3, 0.4) is 0 Å². The summed E-state index contributed by atoms with van der Waals surface area (Å²) in [6.45, 7) is 2.00. The number of hydrogen-bond acceptors (Lipinski definition) is 2. The number of halogens is 1. The van der Waals surface area contributed by atoms with E-state index in [9.17, 15) is 0 Å². The molecule has 0 aromatic carbocycles. The SMILES string of the molecule is CC[N+](C)(O)O.[Br-]. The van der Waals surface area contributed by atoms with Crippen LogP contribution in [0.25, 0.3) is 0 Å². The molecule has 0 fully saturated rings. The van der Waals surface area contributed by atoms with Crippen molar-refractivity contribution in [2.75, 3.05) is 13.6 Å². The lowest BCUT2D eigenvalue weighted by Crippen LogP contribution is -3.00. The lowest BCUT2D eigenvalue weighted by atomic mass is 10.7. The minimum atomic E-state index is -0.931. The summed E-state index contributed by atoms with van der Waals surface area (Å²) in [6.07, 6.45) is 0. The lowest BCUT2D eigenvalue weighted by molar-refractivity contribution is -1.23. The molecule has 0 radical (unpaired) electrons. The summed E-state index contributed by atoms with van der Waals surface area (Å²) in [6, 6.07) is 0. The summed E-state index contributed by atoms with van der Waals surface area (Å²) in [7, 11) is 1.29. The van der Waals surface area contributed by atoms with Crippen molar-refractivity contribution in [2.45, 2.75) is 6.92 Å². The number of hydrogen-bond donors (Lipinski definition) is 2. The van der Waals surface area contributed by atoms with Crippen LogP contribution in [0.2, 0.25) is 0 Å². The molecule has 2 N–H and O–H groups in total. The first-order valence-electron chi connectivity index (χ1n) is 1.87. The first-order chi connectivity index (χ1) is 2.56. The van der Waals surface area contributed by atoms with Crippen LogP contribution in [-0.4, -0.2) is 28.8 Å². The first kappa shape index (κ1) is 10.4. The van der Waals surface area contributed by atoms with Crippen LogP contribution >= 0.6 is 0 Å². The quantitative estimate of drug-likeness (QED) is 0.332. The molecule has 0 aliphatic carbocycles. The molecule has 0 heterocycles. The predicted molar refractivity (Wildman–Crippen MR) is 20.3 cm³/mol. The zero-order valence-corrected chi connectivity index (χ0v) is 6.01. The van der Waals surface area contributed by atoms with Gasteiger partial charge in [-0.15, -0.1) is 0 Å². The molecule has 0 saturated heterocycles. The van der Waals surface area contributed by atoms with Crippen LogP contribution in [0.15, 0.2) is 0 Å². The van der Waals surface area contributed by atoms with Gasteiger partial charge in [0.1, 0.15) is 13.6 Å². The van der Waals surface area contributed by atoms with Gasteiger partial charge in [0.2, 0.25) is 0 Å². The summed E-state index contributed by atoms with van der Waals surface area (Å²) in [5, 5.41) is 16.6. The van der Waals surface area contributed by atoms with Gasteiger partial charge in [0.05, 0.1) is 0 Å². The maximum atomic E-state index is 8.32. The Bertz CT molecular complexity index is 42.7. The van der Waals surface area contributed by atoms with E-state index in [1.165, 1.54) is 7.05 Å². The Balaban J connectivity index is 0. The van der Waals surface area contributed by atoms with E-state index in [0.29, 0.717) is 6.54 Å². The van der Waals surface area contributed by atoms with Crippen LogP contribution < -0.4 is 17.0 Å². The molecule has 7 heavy (non-hydrogen) atoms. The normalized spacial score (nSPS) is 10.3. The third-order valence-electron chi connectivity index (χ3n) is 0.599. The standard InChI is InChI=1S/C3H10NO2.BrH/c1-3-4(2,5)6;/h5-6H,3H2,1-2H3;1H/q+1;/p-1. The van der Waals surface area contributed by atoms with Crippen molar-refractivity contribution >= 4 is 0 Å². The Morgan fingerprint density at radius 2 is 1.57 bits per heavy atom. The molecule has 0 aromatic rings. The van der Waals surface area contributed by atoms with Gasteiger partial charge in [0.25, 0.3) is 0 Å². The van der Waals surface area contributed by atoms with Gasteiger partial charge in [-0.3, -0.25) is 0 Å². The van der Waals surface area contributed by atoms with Gasteiger partial charge >= 0.3 is 0 Å². The van der Waals surface area contributed by atoms with E-state index in [4.69, 9.17) is 10.4 Å². The van der Waals surface area contributed by atoms with E-state index in [1.807, 2.05) is 0 Å². The second kappa shape index (κ2) is 3.37. The number of nitrogens with zero attached hydrogens (tertiary/aromatic N) is 1. The molecule has 3 nitrogen and oxygen atoms in total. The Morgan fingerprint density at radius 1 is 1.43 bits per heavy atom.